The van der Waals surface area contributed by atoms with Crippen molar-refractivity contribution in [3.63, 3.8) is 0 Å². The predicted molar refractivity (Wildman–Crippen MR) is 71.9 cm³/mol. The Morgan fingerprint density at radius 3 is 2.65 bits per heavy atom. The average Bonchev–Trinajstić information content (AvgIpc) is 2.85. The lowest BCUT2D eigenvalue weighted by Gasteiger charge is -2.06. The number of halogens is 1. The van der Waals surface area contributed by atoms with Crippen LogP contribution in [0.3, 0.4) is 0 Å². The molecule has 0 atom stereocenters. The van der Waals surface area contributed by atoms with Crippen molar-refractivity contribution in [2.75, 3.05) is 12.5 Å². The largest absolute Gasteiger partial charge is 0.454 e. The van der Waals surface area contributed by atoms with Crippen LogP contribution < -0.4 is 15.2 Å². The summed E-state index contributed by atoms with van der Waals surface area (Å²) in [6.07, 6.45) is 0. The summed E-state index contributed by atoms with van der Waals surface area (Å²) < 4.78 is 29.2. The van der Waals surface area contributed by atoms with Crippen LogP contribution in [0, 0.1) is 5.82 Å². The molecule has 1 aliphatic rings. The van der Waals surface area contributed by atoms with Gasteiger partial charge in [-0.3, -0.25) is 0 Å². The third kappa shape index (κ3) is 2.83. The summed E-state index contributed by atoms with van der Waals surface area (Å²) in [5.41, 5.74) is 7.66. The number of nitrogens with two attached hydrogens (primary N) is 1. The van der Waals surface area contributed by atoms with Crippen molar-refractivity contribution in [2.45, 2.75) is 13.2 Å². The SMILES string of the molecule is Nc1cc(F)cc(COCc2ccc3c(c2)OCO3)c1. The summed E-state index contributed by atoms with van der Waals surface area (Å²) in [7, 11) is 0. The molecule has 1 aliphatic heterocycles. The van der Waals surface area contributed by atoms with Crippen LogP contribution in [-0.2, 0) is 18.0 Å². The van der Waals surface area contributed by atoms with E-state index >= 15 is 0 Å². The molecule has 4 nitrogen and oxygen atoms in total. The van der Waals surface area contributed by atoms with Crippen LogP contribution in [-0.4, -0.2) is 6.79 Å². The maximum Gasteiger partial charge on any atom is 0.231 e. The molecular weight excluding hydrogens is 261 g/mol. The fourth-order valence-electron chi connectivity index (χ4n) is 2.08. The van der Waals surface area contributed by atoms with E-state index < -0.39 is 0 Å². The van der Waals surface area contributed by atoms with E-state index in [2.05, 4.69) is 0 Å². The Hall–Kier alpha value is -2.27. The lowest BCUT2D eigenvalue weighted by molar-refractivity contribution is 0.107. The van der Waals surface area contributed by atoms with Gasteiger partial charge in [0.05, 0.1) is 13.2 Å². The first-order valence-electron chi connectivity index (χ1n) is 6.22. The van der Waals surface area contributed by atoms with Gasteiger partial charge >= 0.3 is 0 Å². The van der Waals surface area contributed by atoms with Gasteiger partial charge in [-0.2, -0.15) is 0 Å². The van der Waals surface area contributed by atoms with E-state index in [-0.39, 0.29) is 12.6 Å². The van der Waals surface area contributed by atoms with Crippen molar-refractivity contribution in [3.05, 3.63) is 53.3 Å². The van der Waals surface area contributed by atoms with Crippen molar-refractivity contribution in [1.82, 2.24) is 0 Å². The topological polar surface area (TPSA) is 53.7 Å². The third-order valence-electron chi connectivity index (χ3n) is 2.95. The van der Waals surface area contributed by atoms with E-state index in [1.165, 1.54) is 12.1 Å². The van der Waals surface area contributed by atoms with Crippen LogP contribution in [0.25, 0.3) is 0 Å². The molecule has 104 valence electrons. The van der Waals surface area contributed by atoms with E-state index in [4.69, 9.17) is 19.9 Å². The fraction of sp³-hybridized carbons (Fsp3) is 0.200. The molecule has 20 heavy (non-hydrogen) atoms. The molecular formula is C15H14FNO3. The summed E-state index contributed by atoms with van der Waals surface area (Å²) in [5.74, 6) is 1.11. The van der Waals surface area contributed by atoms with Crippen molar-refractivity contribution in [1.29, 1.82) is 0 Å². The summed E-state index contributed by atoms with van der Waals surface area (Å²) in [4.78, 5) is 0. The minimum atomic E-state index is -0.355. The summed E-state index contributed by atoms with van der Waals surface area (Å²) >= 11 is 0. The lowest BCUT2D eigenvalue weighted by Crippen LogP contribution is -1.97. The number of rotatable bonds is 4. The van der Waals surface area contributed by atoms with Crippen LogP contribution in [0.4, 0.5) is 10.1 Å². The molecule has 0 unspecified atom stereocenters. The van der Waals surface area contributed by atoms with E-state index in [1.807, 2.05) is 18.2 Å². The van der Waals surface area contributed by atoms with Gasteiger partial charge in [0.15, 0.2) is 11.5 Å². The highest BCUT2D eigenvalue weighted by atomic mass is 19.1. The Balaban J connectivity index is 1.59. The molecule has 1 heterocycles. The zero-order valence-corrected chi connectivity index (χ0v) is 10.8. The van der Waals surface area contributed by atoms with E-state index in [1.54, 1.807) is 6.07 Å². The second-order valence-electron chi connectivity index (χ2n) is 4.57. The monoisotopic (exact) mass is 275 g/mol. The zero-order chi connectivity index (χ0) is 13.9. The molecule has 0 aliphatic carbocycles. The molecule has 0 saturated heterocycles. The minimum absolute atomic E-state index is 0.252. The molecule has 2 N–H and O–H groups in total. The number of benzene rings is 2. The Morgan fingerprint density at radius 1 is 1.00 bits per heavy atom. The van der Waals surface area contributed by atoms with Gasteiger partial charge in [-0.25, -0.2) is 4.39 Å². The molecule has 0 bridgehead atoms. The molecule has 0 fully saturated rings. The number of anilines is 1. The van der Waals surface area contributed by atoms with Gasteiger partial charge in [-0.05, 0) is 41.5 Å². The molecule has 0 amide bonds. The van der Waals surface area contributed by atoms with E-state index in [0.29, 0.717) is 24.5 Å². The molecule has 0 spiro atoms. The number of hydrogen-bond acceptors (Lipinski definition) is 4. The average molecular weight is 275 g/mol. The summed E-state index contributed by atoms with van der Waals surface area (Å²) in [6, 6.07) is 10.0. The van der Waals surface area contributed by atoms with Gasteiger partial charge in [0.25, 0.3) is 0 Å². The molecule has 3 rings (SSSR count). The Kier molecular flexibility index (Phi) is 3.43. The first-order chi connectivity index (χ1) is 9.70. The molecule has 0 aromatic heterocycles. The van der Waals surface area contributed by atoms with Gasteiger partial charge in [0.1, 0.15) is 5.82 Å². The smallest absolute Gasteiger partial charge is 0.231 e. The van der Waals surface area contributed by atoms with Crippen LogP contribution in [0.15, 0.2) is 36.4 Å². The van der Waals surface area contributed by atoms with Crippen molar-refractivity contribution < 1.29 is 18.6 Å². The second-order valence-corrected chi connectivity index (χ2v) is 4.57. The fourth-order valence-corrected chi connectivity index (χ4v) is 2.08. The lowest BCUT2D eigenvalue weighted by atomic mass is 10.2. The molecule has 2 aromatic rings. The van der Waals surface area contributed by atoms with Gasteiger partial charge in [-0.1, -0.05) is 6.07 Å². The molecule has 2 aromatic carbocycles. The highest BCUT2D eigenvalue weighted by Crippen LogP contribution is 2.32. The molecule has 0 radical (unpaired) electrons. The highest BCUT2D eigenvalue weighted by molar-refractivity contribution is 5.44. The highest BCUT2D eigenvalue weighted by Gasteiger charge is 2.13. The van der Waals surface area contributed by atoms with E-state index in [9.17, 15) is 4.39 Å². The van der Waals surface area contributed by atoms with Crippen molar-refractivity contribution in [2.24, 2.45) is 0 Å². The first kappa shape index (κ1) is 12.7. The normalized spacial score (nSPS) is 12.7. The summed E-state index contributed by atoms with van der Waals surface area (Å²) in [6.45, 7) is 0.964. The minimum Gasteiger partial charge on any atom is -0.454 e. The van der Waals surface area contributed by atoms with Crippen molar-refractivity contribution >= 4 is 5.69 Å². The second kappa shape index (κ2) is 5.38. The Labute approximate surface area is 115 Å². The van der Waals surface area contributed by atoms with Crippen LogP contribution in [0.2, 0.25) is 0 Å². The maximum atomic E-state index is 13.2. The quantitative estimate of drug-likeness (QED) is 0.872. The Bertz CT molecular complexity index is 610. The van der Waals surface area contributed by atoms with Gasteiger partial charge < -0.3 is 19.9 Å². The van der Waals surface area contributed by atoms with E-state index in [0.717, 1.165) is 17.1 Å². The van der Waals surface area contributed by atoms with Gasteiger partial charge in [0.2, 0.25) is 6.79 Å². The van der Waals surface area contributed by atoms with Crippen molar-refractivity contribution in [3.8, 4) is 11.5 Å². The molecule has 5 heteroatoms. The number of hydrogen-bond donors (Lipinski definition) is 1. The number of nitrogen functional groups attached to an aromatic ring is 1. The number of ether oxygens (including phenoxy) is 3. The first-order valence-corrected chi connectivity index (χ1v) is 6.22. The van der Waals surface area contributed by atoms with Gasteiger partial charge in [-0.15, -0.1) is 0 Å². The van der Waals surface area contributed by atoms with Gasteiger partial charge in [0, 0.05) is 5.69 Å². The number of fused-ring (bicyclic) bond motifs is 1. The van der Waals surface area contributed by atoms with Crippen LogP contribution >= 0.6 is 0 Å². The zero-order valence-electron chi connectivity index (χ0n) is 10.8. The molecule has 0 saturated carbocycles. The summed E-state index contributed by atoms with van der Waals surface area (Å²) in [5, 5.41) is 0. The maximum absolute atomic E-state index is 13.2. The predicted octanol–water partition coefficient (Wildman–Crippen LogP) is 2.85. The van der Waals surface area contributed by atoms with Crippen LogP contribution in [0.1, 0.15) is 11.1 Å². The third-order valence-corrected chi connectivity index (χ3v) is 2.95. The standard InChI is InChI=1S/C15H14FNO3/c16-12-3-11(4-13(17)6-12)8-18-7-10-1-2-14-15(5-10)20-9-19-14/h1-6H,7-9,17H2. The Morgan fingerprint density at radius 2 is 1.80 bits per heavy atom. The van der Waals surface area contributed by atoms with Crippen LogP contribution in [0.5, 0.6) is 11.5 Å².